The number of carbonyl (C=O) groups excluding carboxylic acids is 3. The number of pyridine rings is 1. The predicted molar refractivity (Wildman–Crippen MR) is 106 cm³/mol. The molecule has 29 heavy (non-hydrogen) atoms. The van der Waals surface area contributed by atoms with Gasteiger partial charge in [-0.05, 0) is 44.4 Å². The van der Waals surface area contributed by atoms with E-state index >= 15 is 0 Å². The standard InChI is InChI=1S/C21H26N4O4/c1-13-17(21(28)29-3)14(2)24-18(13)20(27)25-10-6-7-15(12-25)19(26)23-11-16-8-4-5-9-22-16/h4-5,8-9,15,24H,6-7,10-12H2,1-3H3,(H,23,26)/t15-/m0/s1. The molecule has 1 aliphatic heterocycles. The summed E-state index contributed by atoms with van der Waals surface area (Å²) >= 11 is 0. The molecule has 0 bridgehead atoms. The fourth-order valence-electron chi connectivity index (χ4n) is 3.73. The molecule has 2 N–H and O–H groups in total. The Balaban J connectivity index is 1.66. The minimum atomic E-state index is -0.472. The van der Waals surface area contributed by atoms with E-state index in [1.54, 1.807) is 24.9 Å². The number of ether oxygens (including phenoxy) is 1. The summed E-state index contributed by atoms with van der Waals surface area (Å²) in [5.74, 6) is -1.03. The van der Waals surface area contributed by atoms with E-state index in [-0.39, 0.29) is 17.7 Å². The fraction of sp³-hybridized carbons (Fsp3) is 0.429. The van der Waals surface area contributed by atoms with Crippen LogP contribution in [0.5, 0.6) is 0 Å². The molecule has 8 nitrogen and oxygen atoms in total. The number of H-pyrrole nitrogens is 1. The first-order chi connectivity index (χ1) is 13.9. The molecule has 0 saturated carbocycles. The number of nitrogens with zero attached hydrogens (tertiary/aromatic N) is 2. The van der Waals surface area contributed by atoms with Crippen molar-refractivity contribution in [2.24, 2.45) is 5.92 Å². The lowest BCUT2D eigenvalue weighted by atomic mass is 9.96. The van der Waals surface area contributed by atoms with Crippen LogP contribution in [0.4, 0.5) is 0 Å². The summed E-state index contributed by atoms with van der Waals surface area (Å²) in [4.78, 5) is 46.5. The van der Waals surface area contributed by atoms with Crippen molar-refractivity contribution in [3.63, 3.8) is 0 Å². The van der Waals surface area contributed by atoms with Crippen LogP contribution in [0.15, 0.2) is 24.4 Å². The first-order valence-electron chi connectivity index (χ1n) is 9.66. The van der Waals surface area contributed by atoms with Crippen LogP contribution in [0.2, 0.25) is 0 Å². The van der Waals surface area contributed by atoms with E-state index in [4.69, 9.17) is 4.74 Å². The first-order valence-corrected chi connectivity index (χ1v) is 9.66. The topological polar surface area (TPSA) is 104 Å². The smallest absolute Gasteiger partial charge is 0.339 e. The van der Waals surface area contributed by atoms with Crippen LogP contribution in [0, 0.1) is 19.8 Å². The van der Waals surface area contributed by atoms with Crippen LogP contribution in [0.3, 0.4) is 0 Å². The van der Waals surface area contributed by atoms with Gasteiger partial charge in [0.25, 0.3) is 5.91 Å². The Morgan fingerprint density at radius 3 is 2.79 bits per heavy atom. The summed E-state index contributed by atoms with van der Waals surface area (Å²) < 4.78 is 4.81. The zero-order chi connectivity index (χ0) is 21.0. The number of piperidine rings is 1. The van der Waals surface area contributed by atoms with Crippen molar-refractivity contribution in [2.75, 3.05) is 20.2 Å². The Labute approximate surface area is 169 Å². The summed E-state index contributed by atoms with van der Waals surface area (Å²) in [6.07, 6.45) is 3.16. The Kier molecular flexibility index (Phi) is 6.31. The first kappa shape index (κ1) is 20.6. The van der Waals surface area contributed by atoms with Gasteiger partial charge < -0.3 is 19.9 Å². The van der Waals surface area contributed by atoms with Crippen LogP contribution >= 0.6 is 0 Å². The largest absolute Gasteiger partial charge is 0.465 e. The van der Waals surface area contributed by atoms with E-state index in [1.165, 1.54) is 7.11 Å². The Morgan fingerprint density at radius 2 is 2.10 bits per heavy atom. The molecule has 1 aliphatic rings. The molecule has 0 aromatic carbocycles. The molecule has 3 heterocycles. The third-order valence-corrected chi connectivity index (χ3v) is 5.29. The zero-order valence-corrected chi connectivity index (χ0v) is 16.9. The van der Waals surface area contributed by atoms with Crippen molar-refractivity contribution >= 4 is 17.8 Å². The minimum absolute atomic E-state index is 0.0807. The number of nitrogens with one attached hydrogen (secondary N) is 2. The summed E-state index contributed by atoms with van der Waals surface area (Å²) in [5, 5.41) is 2.91. The second-order valence-corrected chi connectivity index (χ2v) is 7.25. The molecule has 3 rings (SSSR count). The number of carbonyl (C=O) groups is 3. The average molecular weight is 398 g/mol. The monoisotopic (exact) mass is 398 g/mol. The van der Waals surface area contributed by atoms with Crippen LogP contribution in [-0.4, -0.2) is 52.9 Å². The fourth-order valence-corrected chi connectivity index (χ4v) is 3.73. The number of aromatic nitrogens is 2. The molecule has 0 spiro atoms. The lowest BCUT2D eigenvalue weighted by Gasteiger charge is -2.32. The van der Waals surface area contributed by atoms with Gasteiger partial charge >= 0.3 is 5.97 Å². The molecular weight excluding hydrogens is 372 g/mol. The zero-order valence-electron chi connectivity index (χ0n) is 16.9. The summed E-state index contributed by atoms with van der Waals surface area (Å²) in [6.45, 7) is 4.75. The predicted octanol–water partition coefficient (Wildman–Crippen LogP) is 1.98. The normalized spacial score (nSPS) is 16.4. The van der Waals surface area contributed by atoms with Gasteiger partial charge in [-0.3, -0.25) is 14.6 Å². The summed E-state index contributed by atoms with van der Waals surface area (Å²) in [6, 6.07) is 5.55. The molecule has 2 aromatic heterocycles. The number of hydrogen-bond donors (Lipinski definition) is 2. The molecule has 1 fully saturated rings. The molecule has 1 saturated heterocycles. The Hall–Kier alpha value is -3.16. The van der Waals surface area contributed by atoms with Gasteiger partial charge in [0, 0.05) is 25.0 Å². The third kappa shape index (κ3) is 4.47. The van der Waals surface area contributed by atoms with Gasteiger partial charge in [0.1, 0.15) is 5.69 Å². The minimum Gasteiger partial charge on any atom is -0.465 e. The Bertz CT molecular complexity index is 907. The molecule has 0 radical (unpaired) electrons. The number of likely N-dealkylation sites (tertiary alicyclic amines) is 1. The highest BCUT2D eigenvalue weighted by Gasteiger charge is 2.31. The maximum atomic E-state index is 13.0. The van der Waals surface area contributed by atoms with Crippen molar-refractivity contribution in [1.82, 2.24) is 20.2 Å². The third-order valence-electron chi connectivity index (χ3n) is 5.29. The van der Waals surface area contributed by atoms with Crippen LogP contribution in [-0.2, 0) is 16.1 Å². The van der Waals surface area contributed by atoms with E-state index in [1.807, 2.05) is 18.2 Å². The summed E-state index contributed by atoms with van der Waals surface area (Å²) in [7, 11) is 1.31. The van der Waals surface area contributed by atoms with Crippen LogP contribution < -0.4 is 5.32 Å². The Morgan fingerprint density at radius 1 is 1.31 bits per heavy atom. The quantitative estimate of drug-likeness (QED) is 0.750. The van der Waals surface area contributed by atoms with Gasteiger partial charge in [0.05, 0.1) is 30.8 Å². The van der Waals surface area contributed by atoms with Gasteiger partial charge in [0.2, 0.25) is 5.91 Å². The lowest BCUT2D eigenvalue weighted by molar-refractivity contribution is -0.126. The van der Waals surface area contributed by atoms with Gasteiger partial charge in [-0.1, -0.05) is 6.07 Å². The van der Waals surface area contributed by atoms with E-state index in [2.05, 4.69) is 15.3 Å². The number of aromatic amines is 1. The average Bonchev–Trinajstić information content (AvgIpc) is 3.05. The maximum Gasteiger partial charge on any atom is 0.339 e. The molecule has 1 atom stereocenters. The van der Waals surface area contributed by atoms with Gasteiger partial charge in [0.15, 0.2) is 0 Å². The molecule has 2 aromatic rings. The molecule has 154 valence electrons. The number of amides is 2. The van der Waals surface area contributed by atoms with Crippen molar-refractivity contribution in [3.8, 4) is 0 Å². The second-order valence-electron chi connectivity index (χ2n) is 7.25. The van der Waals surface area contributed by atoms with E-state index < -0.39 is 5.97 Å². The van der Waals surface area contributed by atoms with Crippen molar-refractivity contribution in [1.29, 1.82) is 0 Å². The molecule has 0 unspecified atom stereocenters. The lowest BCUT2D eigenvalue weighted by Crippen LogP contribution is -2.45. The van der Waals surface area contributed by atoms with Gasteiger partial charge in [-0.25, -0.2) is 4.79 Å². The highest BCUT2D eigenvalue weighted by atomic mass is 16.5. The number of methoxy groups -OCH3 is 1. The summed E-state index contributed by atoms with van der Waals surface area (Å²) in [5.41, 5.74) is 2.72. The van der Waals surface area contributed by atoms with Crippen molar-refractivity contribution in [3.05, 3.63) is 52.6 Å². The highest BCUT2D eigenvalue weighted by molar-refractivity contribution is 6.00. The van der Waals surface area contributed by atoms with E-state index in [0.29, 0.717) is 42.1 Å². The van der Waals surface area contributed by atoms with Crippen molar-refractivity contribution < 1.29 is 19.1 Å². The molecule has 0 aliphatic carbocycles. The number of hydrogen-bond acceptors (Lipinski definition) is 5. The number of rotatable bonds is 5. The number of aryl methyl sites for hydroxylation is 1. The SMILES string of the molecule is COC(=O)c1c(C)[nH]c(C(=O)N2CCC[C@H](C(=O)NCc3ccccn3)C2)c1C. The number of esters is 1. The van der Waals surface area contributed by atoms with Gasteiger partial charge in [-0.2, -0.15) is 0 Å². The van der Waals surface area contributed by atoms with Crippen molar-refractivity contribution in [2.45, 2.75) is 33.2 Å². The second kappa shape index (κ2) is 8.89. The molecule has 8 heteroatoms. The van der Waals surface area contributed by atoms with Crippen LogP contribution in [0.25, 0.3) is 0 Å². The van der Waals surface area contributed by atoms with Crippen LogP contribution in [0.1, 0.15) is 50.6 Å². The molecule has 2 amide bonds. The molecular formula is C21H26N4O4. The highest BCUT2D eigenvalue weighted by Crippen LogP contribution is 2.23. The van der Waals surface area contributed by atoms with Gasteiger partial charge in [-0.15, -0.1) is 0 Å². The maximum absolute atomic E-state index is 13.0. The van der Waals surface area contributed by atoms with E-state index in [0.717, 1.165) is 18.5 Å². The van der Waals surface area contributed by atoms with E-state index in [9.17, 15) is 14.4 Å².